The van der Waals surface area contributed by atoms with Crippen molar-refractivity contribution in [3.63, 3.8) is 0 Å². The molecule has 1 N–H and O–H groups in total. The van der Waals surface area contributed by atoms with E-state index in [1.807, 2.05) is 28.2 Å². The van der Waals surface area contributed by atoms with E-state index in [0.29, 0.717) is 6.42 Å². The minimum atomic E-state index is -0.765. The molecular formula is C16H16N2OS. The Balaban J connectivity index is 1.72. The number of nitrogens with zero attached hydrogens (tertiary/aromatic N) is 2. The summed E-state index contributed by atoms with van der Waals surface area (Å²) in [6.07, 6.45) is 7.55. The SMILES string of the molecule is OC1(Cc2cn3ccsc3n2)CCCc2ccccc21. The average molecular weight is 284 g/mol. The number of hydrogen-bond acceptors (Lipinski definition) is 3. The molecule has 1 aromatic carbocycles. The zero-order valence-corrected chi connectivity index (χ0v) is 11.9. The van der Waals surface area contributed by atoms with Crippen LogP contribution in [0.4, 0.5) is 0 Å². The number of aryl methyl sites for hydroxylation is 1. The molecule has 0 spiro atoms. The molecule has 0 aliphatic heterocycles. The van der Waals surface area contributed by atoms with Gasteiger partial charge in [0, 0.05) is 24.2 Å². The molecule has 1 unspecified atom stereocenters. The number of rotatable bonds is 2. The molecule has 20 heavy (non-hydrogen) atoms. The van der Waals surface area contributed by atoms with Crippen molar-refractivity contribution in [1.29, 1.82) is 0 Å². The van der Waals surface area contributed by atoms with Gasteiger partial charge < -0.3 is 5.11 Å². The molecule has 0 fully saturated rings. The molecule has 1 atom stereocenters. The van der Waals surface area contributed by atoms with Crippen LogP contribution in [0.1, 0.15) is 29.7 Å². The molecular weight excluding hydrogens is 268 g/mol. The maximum atomic E-state index is 11.1. The van der Waals surface area contributed by atoms with E-state index in [1.54, 1.807) is 11.3 Å². The van der Waals surface area contributed by atoms with Crippen molar-refractivity contribution in [3.05, 3.63) is 58.9 Å². The topological polar surface area (TPSA) is 37.5 Å². The zero-order chi connectivity index (χ0) is 13.6. The predicted molar refractivity (Wildman–Crippen MR) is 80.0 cm³/mol. The number of imidazole rings is 1. The van der Waals surface area contributed by atoms with Crippen LogP contribution in [0.5, 0.6) is 0 Å². The minimum absolute atomic E-state index is 0.596. The quantitative estimate of drug-likeness (QED) is 0.785. The average Bonchev–Trinajstić information content (AvgIpc) is 3.00. The van der Waals surface area contributed by atoms with Gasteiger partial charge >= 0.3 is 0 Å². The first-order valence-corrected chi connectivity index (χ1v) is 7.84. The fourth-order valence-electron chi connectivity index (χ4n) is 3.24. The third-order valence-electron chi connectivity index (χ3n) is 4.17. The van der Waals surface area contributed by atoms with E-state index in [0.717, 1.165) is 35.5 Å². The van der Waals surface area contributed by atoms with E-state index in [1.165, 1.54) is 5.56 Å². The molecule has 1 aliphatic carbocycles. The summed E-state index contributed by atoms with van der Waals surface area (Å²) < 4.78 is 2.03. The molecule has 0 saturated heterocycles. The summed E-state index contributed by atoms with van der Waals surface area (Å²) in [6.45, 7) is 0. The maximum Gasteiger partial charge on any atom is 0.193 e. The van der Waals surface area contributed by atoms with Crippen LogP contribution < -0.4 is 0 Å². The standard InChI is InChI=1S/C16H16N2OS/c19-16(7-3-5-12-4-1-2-6-14(12)16)10-13-11-18-8-9-20-15(18)17-13/h1-2,4,6,8-9,11,19H,3,5,7,10H2. The molecule has 0 bridgehead atoms. The summed E-state index contributed by atoms with van der Waals surface area (Å²) in [7, 11) is 0. The third-order valence-corrected chi connectivity index (χ3v) is 4.94. The lowest BCUT2D eigenvalue weighted by Gasteiger charge is -2.34. The molecule has 3 aromatic rings. The molecule has 0 radical (unpaired) electrons. The van der Waals surface area contributed by atoms with Gasteiger partial charge in [0.25, 0.3) is 0 Å². The Morgan fingerprint density at radius 3 is 3.15 bits per heavy atom. The number of fused-ring (bicyclic) bond motifs is 2. The fraction of sp³-hybridized carbons (Fsp3) is 0.312. The second-order valence-corrected chi connectivity index (χ2v) is 6.42. The smallest absolute Gasteiger partial charge is 0.193 e. The highest BCUT2D eigenvalue weighted by atomic mass is 32.1. The van der Waals surface area contributed by atoms with Gasteiger partial charge in [-0.05, 0) is 30.4 Å². The van der Waals surface area contributed by atoms with E-state index in [2.05, 4.69) is 23.2 Å². The van der Waals surface area contributed by atoms with Gasteiger partial charge in [-0.2, -0.15) is 0 Å². The molecule has 0 saturated carbocycles. The van der Waals surface area contributed by atoms with E-state index in [9.17, 15) is 5.11 Å². The first-order chi connectivity index (χ1) is 9.74. The lowest BCUT2D eigenvalue weighted by Crippen LogP contribution is -2.33. The maximum absolute atomic E-state index is 11.1. The molecule has 2 aromatic heterocycles. The lowest BCUT2D eigenvalue weighted by atomic mass is 9.77. The first-order valence-electron chi connectivity index (χ1n) is 6.96. The zero-order valence-electron chi connectivity index (χ0n) is 11.1. The fourth-order valence-corrected chi connectivity index (χ4v) is 3.96. The van der Waals surface area contributed by atoms with Gasteiger partial charge in [0.1, 0.15) is 0 Å². The Hall–Kier alpha value is -1.65. The summed E-state index contributed by atoms with van der Waals surface area (Å²) in [4.78, 5) is 5.60. The molecule has 3 nitrogen and oxygen atoms in total. The second kappa shape index (κ2) is 4.43. The van der Waals surface area contributed by atoms with Crippen LogP contribution >= 0.6 is 11.3 Å². The van der Waals surface area contributed by atoms with E-state index >= 15 is 0 Å². The number of benzene rings is 1. The van der Waals surface area contributed by atoms with Gasteiger partial charge in [0.15, 0.2) is 4.96 Å². The third kappa shape index (κ3) is 1.87. The summed E-state index contributed by atoms with van der Waals surface area (Å²) in [5.74, 6) is 0. The van der Waals surface area contributed by atoms with Crippen molar-refractivity contribution in [2.45, 2.75) is 31.3 Å². The summed E-state index contributed by atoms with van der Waals surface area (Å²) >= 11 is 1.62. The van der Waals surface area contributed by atoms with Gasteiger partial charge in [-0.15, -0.1) is 11.3 Å². The van der Waals surface area contributed by atoms with E-state index in [4.69, 9.17) is 0 Å². The molecule has 1 aliphatic rings. The van der Waals surface area contributed by atoms with Gasteiger partial charge in [0.2, 0.25) is 0 Å². The Kier molecular flexibility index (Phi) is 2.69. The normalized spacial score (nSPS) is 22.1. The summed E-state index contributed by atoms with van der Waals surface area (Å²) in [5.41, 5.74) is 2.57. The predicted octanol–water partition coefficient (Wildman–Crippen LogP) is 3.16. The van der Waals surface area contributed by atoms with Crippen molar-refractivity contribution in [2.75, 3.05) is 0 Å². The number of aromatic nitrogens is 2. The van der Waals surface area contributed by atoms with Crippen molar-refractivity contribution >= 4 is 16.3 Å². The number of thiazole rings is 1. The van der Waals surface area contributed by atoms with Gasteiger partial charge in [-0.1, -0.05) is 24.3 Å². The highest BCUT2D eigenvalue weighted by Gasteiger charge is 2.34. The number of hydrogen-bond donors (Lipinski definition) is 1. The van der Waals surface area contributed by atoms with Gasteiger partial charge in [-0.25, -0.2) is 4.98 Å². The van der Waals surface area contributed by atoms with Crippen molar-refractivity contribution in [1.82, 2.24) is 9.38 Å². The van der Waals surface area contributed by atoms with E-state index < -0.39 is 5.60 Å². The highest BCUT2D eigenvalue weighted by molar-refractivity contribution is 7.15. The van der Waals surface area contributed by atoms with Gasteiger partial charge in [0.05, 0.1) is 11.3 Å². The Morgan fingerprint density at radius 2 is 2.25 bits per heavy atom. The second-order valence-electron chi connectivity index (χ2n) is 5.54. The van der Waals surface area contributed by atoms with Crippen LogP contribution in [-0.2, 0) is 18.4 Å². The number of aliphatic hydroxyl groups is 1. The van der Waals surface area contributed by atoms with Crippen LogP contribution in [0, 0.1) is 0 Å². The van der Waals surface area contributed by atoms with Crippen LogP contribution in [-0.4, -0.2) is 14.5 Å². The Labute approximate surface area is 121 Å². The van der Waals surface area contributed by atoms with E-state index in [-0.39, 0.29) is 0 Å². The van der Waals surface area contributed by atoms with Crippen LogP contribution in [0.25, 0.3) is 4.96 Å². The van der Waals surface area contributed by atoms with Crippen molar-refractivity contribution in [3.8, 4) is 0 Å². The lowest BCUT2D eigenvalue weighted by molar-refractivity contribution is 0.0182. The first kappa shape index (κ1) is 12.1. The molecule has 0 amide bonds. The largest absolute Gasteiger partial charge is 0.385 e. The highest BCUT2D eigenvalue weighted by Crippen LogP contribution is 2.37. The van der Waals surface area contributed by atoms with Gasteiger partial charge in [-0.3, -0.25) is 4.40 Å². The molecule has 4 heteroatoms. The van der Waals surface area contributed by atoms with Crippen molar-refractivity contribution in [2.24, 2.45) is 0 Å². The summed E-state index contributed by atoms with van der Waals surface area (Å²) in [5, 5.41) is 13.1. The Morgan fingerprint density at radius 1 is 1.35 bits per heavy atom. The monoisotopic (exact) mass is 284 g/mol. The van der Waals surface area contributed by atoms with Crippen LogP contribution in [0.15, 0.2) is 42.0 Å². The molecule has 4 rings (SSSR count). The molecule has 2 heterocycles. The minimum Gasteiger partial charge on any atom is -0.385 e. The summed E-state index contributed by atoms with van der Waals surface area (Å²) in [6, 6.07) is 8.26. The van der Waals surface area contributed by atoms with Crippen LogP contribution in [0.2, 0.25) is 0 Å². The molecule has 102 valence electrons. The Bertz CT molecular complexity index is 732. The van der Waals surface area contributed by atoms with Crippen molar-refractivity contribution < 1.29 is 5.11 Å². The van der Waals surface area contributed by atoms with Crippen LogP contribution in [0.3, 0.4) is 0 Å².